The Hall–Kier alpha value is -3.65. The summed E-state index contributed by atoms with van der Waals surface area (Å²) in [6.07, 6.45) is 3.54. The third-order valence-corrected chi connectivity index (χ3v) is 5.46. The predicted molar refractivity (Wildman–Crippen MR) is 116 cm³/mol. The minimum atomic E-state index is -0.405. The van der Waals surface area contributed by atoms with E-state index in [2.05, 4.69) is 20.3 Å². The normalized spacial score (nSPS) is 14.4. The van der Waals surface area contributed by atoms with E-state index in [-0.39, 0.29) is 11.8 Å². The van der Waals surface area contributed by atoms with Crippen LogP contribution in [0.2, 0.25) is 0 Å². The van der Waals surface area contributed by atoms with Gasteiger partial charge in [0.05, 0.1) is 17.1 Å². The van der Waals surface area contributed by atoms with Gasteiger partial charge in [-0.05, 0) is 68.4 Å². The van der Waals surface area contributed by atoms with E-state index >= 15 is 0 Å². The minimum absolute atomic E-state index is 0.0937. The molecule has 4 aromatic rings. The number of piperidine rings is 1. The summed E-state index contributed by atoms with van der Waals surface area (Å²) in [6.45, 7) is 1.87. The molecule has 2 aromatic heterocycles. The Morgan fingerprint density at radius 1 is 0.906 bits per heavy atom. The first-order chi connectivity index (χ1) is 15.7. The number of aromatic nitrogens is 4. The van der Waals surface area contributed by atoms with Gasteiger partial charge in [-0.1, -0.05) is 6.07 Å². The molecule has 1 saturated heterocycles. The summed E-state index contributed by atoms with van der Waals surface area (Å²) in [5, 5.41) is 3.36. The summed E-state index contributed by atoms with van der Waals surface area (Å²) in [4.78, 5) is 17.0. The Bertz CT molecular complexity index is 1220. The molecule has 6 nitrogen and oxygen atoms in total. The molecule has 0 amide bonds. The van der Waals surface area contributed by atoms with Gasteiger partial charge in [0.1, 0.15) is 23.2 Å². The second-order valence-electron chi connectivity index (χ2n) is 7.66. The summed E-state index contributed by atoms with van der Waals surface area (Å²) >= 11 is 0. The first-order valence-corrected chi connectivity index (χ1v) is 10.5. The predicted octanol–water partition coefficient (Wildman–Crippen LogP) is 5.07. The molecule has 5 rings (SSSR count). The number of hydrogen-bond donors (Lipinski definition) is 2. The molecule has 32 heavy (non-hydrogen) atoms. The van der Waals surface area contributed by atoms with E-state index < -0.39 is 5.82 Å². The van der Waals surface area contributed by atoms with Crippen LogP contribution >= 0.6 is 0 Å². The maximum atomic E-state index is 13.5. The third-order valence-electron chi connectivity index (χ3n) is 5.46. The molecule has 8 heteroatoms. The van der Waals surface area contributed by atoms with Crippen LogP contribution in [0.1, 0.15) is 24.6 Å². The molecule has 162 valence electrons. The van der Waals surface area contributed by atoms with E-state index in [1.165, 1.54) is 24.3 Å². The lowest BCUT2D eigenvalue weighted by atomic mass is 9.98. The standard InChI is InChI=1S/C24H21F2N5O/c25-17-6-4-15(5-7-17)21-22(31-23(30-21)16-8-11-27-12-9-16)20-10-13-28-24(29-20)32-19-3-1-2-18(26)14-19/h1-7,10,13-14,16,27H,8-9,11-12H2,(H,30,31). The SMILES string of the molecule is Fc1ccc(-c2nc(C3CCNCC3)[nH]c2-c2ccnc(Oc3cccc(F)c3)n2)cc1. The highest BCUT2D eigenvalue weighted by Crippen LogP contribution is 2.34. The number of rotatable bonds is 5. The van der Waals surface area contributed by atoms with Crippen LogP contribution in [-0.4, -0.2) is 33.0 Å². The highest BCUT2D eigenvalue weighted by molar-refractivity contribution is 5.76. The largest absolute Gasteiger partial charge is 0.424 e. The van der Waals surface area contributed by atoms with Crippen molar-refractivity contribution < 1.29 is 13.5 Å². The van der Waals surface area contributed by atoms with Gasteiger partial charge in [0.2, 0.25) is 0 Å². The molecule has 2 aromatic carbocycles. The van der Waals surface area contributed by atoms with Crippen LogP contribution in [0.25, 0.3) is 22.6 Å². The zero-order valence-electron chi connectivity index (χ0n) is 17.2. The summed E-state index contributed by atoms with van der Waals surface area (Å²) in [6, 6.07) is 13.9. The molecule has 3 heterocycles. The Morgan fingerprint density at radius 3 is 2.50 bits per heavy atom. The average molecular weight is 433 g/mol. The monoisotopic (exact) mass is 433 g/mol. The molecular formula is C24H21F2N5O. The van der Waals surface area contributed by atoms with Crippen molar-refractivity contribution in [2.45, 2.75) is 18.8 Å². The number of H-pyrrole nitrogens is 1. The Balaban J connectivity index is 1.54. The van der Waals surface area contributed by atoms with Crippen molar-refractivity contribution >= 4 is 0 Å². The molecule has 0 saturated carbocycles. The van der Waals surface area contributed by atoms with Gasteiger partial charge >= 0.3 is 6.01 Å². The number of benzene rings is 2. The lowest BCUT2D eigenvalue weighted by Gasteiger charge is -2.20. The van der Waals surface area contributed by atoms with Gasteiger partial charge in [-0.3, -0.25) is 0 Å². The zero-order chi connectivity index (χ0) is 21.9. The van der Waals surface area contributed by atoms with Crippen LogP contribution in [0.4, 0.5) is 8.78 Å². The topological polar surface area (TPSA) is 75.7 Å². The fourth-order valence-electron chi connectivity index (χ4n) is 3.85. The van der Waals surface area contributed by atoms with Crippen LogP contribution in [0.3, 0.4) is 0 Å². The molecule has 0 atom stereocenters. The van der Waals surface area contributed by atoms with E-state index in [4.69, 9.17) is 9.72 Å². The molecule has 0 radical (unpaired) electrons. The van der Waals surface area contributed by atoms with E-state index in [0.717, 1.165) is 37.3 Å². The highest BCUT2D eigenvalue weighted by atomic mass is 19.1. The molecule has 2 N–H and O–H groups in total. The maximum Gasteiger partial charge on any atom is 0.322 e. The van der Waals surface area contributed by atoms with E-state index in [1.807, 2.05) is 0 Å². The molecule has 0 aliphatic carbocycles. The van der Waals surface area contributed by atoms with Crippen LogP contribution in [0.15, 0.2) is 60.8 Å². The molecule has 0 bridgehead atoms. The van der Waals surface area contributed by atoms with Crippen molar-refractivity contribution in [1.82, 2.24) is 25.3 Å². The number of hydrogen-bond acceptors (Lipinski definition) is 5. The molecular weight excluding hydrogens is 412 g/mol. The highest BCUT2D eigenvalue weighted by Gasteiger charge is 2.23. The van der Waals surface area contributed by atoms with Gasteiger partial charge in [-0.25, -0.2) is 18.7 Å². The number of aromatic amines is 1. The summed E-state index contributed by atoms with van der Waals surface area (Å²) < 4.78 is 32.7. The maximum absolute atomic E-state index is 13.5. The first kappa shape index (κ1) is 20.3. The minimum Gasteiger partial charge on any atom is -0.424 e. The molecule has 1 aliphatic rings. The van der Waals surface area contributed by atoms with Gasteiger partial charge in [0.15, 0.2) is 0 Å². The third kappa shape index (κ3) is 4.36. The van der Waals surface area contributed by atoms with E-state index in [9.17, 15) is 8.78 Å². The second-order valence-corrected chi connectivity index (χ2v) is 7.66. The van der Waals surface area contributed by atoms with Crippen LogP contribution < -0.4 is 10.1 Å². The van der Waals surface area contributed by atoms with Crippen LogP contribution in [-0.2, 0) is 0 Å². The van der Waals surface area contributed by atoms with Gasteiger partial charge in [0, 0.05) is 23.7 Å². The number of nitrogens with one attached hydrogen (secondary N) is 2. The van der Waals surface area contributed by atoms with Crippen molar-refractivity contribution in [3.63, 3.8) is 0 Å². The van der Waals surface area contributed by atoms with Crippen molar-refractivity contribution in [2.75, 3.05) is 13.1 Å². The molecule has 1 aliphatic heterocycles. The molecule has 0 unspecified atom stereocenters. The summed E-state index contributed by atoms with van der Waals surface area (Å²) in [5.74, 6) is 0.775. The Kier molecular flexibility index (Phi) is 5.60. The number of ether oxygens (including phenoxy) is 1. The van der Waals surface area contributed by atoms with Gasteiger partial charge < -0.3 is 15.0 Å². The number of imidazole rings is 1. The summed E-state index contributed by atoms with van der Waals surface area (Å²) in [7, 11) is 0. The van der Waals surface area contributed by atoms with Gasteiger partial charge in [0.25, 0.3) is 0 Å². The average Bonchev–Trinajstić information content (AvgIpc) is 3.26. The lowest BCUT2D eigenvalue weighted by Crippen LogP contribution is -2.27. The fourth-order valence-corrected chi connectivity index (χ4v) is 3.85. The molecule has 1 fully saturated rings. The van der Waals surface area contributed by atoms with Crippen molar-refractivity contribution in [1.29, 1.82) is 0 Å². The van der Waals surface area contributed by atoms with Crippen molar-refractivity contribution in [3.8, 4) is 34.4 Å². The lowest BCUT2D eigenvalue weighted by molar-refractivity contribution is 0.438. The van der Waals surface area contributed by atoms with Crippen LogP contribution in [0, 0.1) is 11.6 Å². The molecule has 0 spiro atoms. The zero-order valence-corrected chi connectivity index (χ0v) is 17.2. The first-order valence-electron chi connectivity index (χ1n) is 10.5. The second kappa shape index (κ2) is 8.84. The summed E-state index contributed by atoms with van der Waals surface area (Å²) in [5.41, 5.74) is 2.76. The van der Waals surface area contributed by atoms with Gasteiger partial charge in [-0.2, -0.15) is 4.98 Å². The number of halogens is 2. The Labute approximate surface area is 183 Å². The van der Waals surface area contributed by atoms with Crippen LogP contribution in [0.5, 0.6) is 11.8 Å². The van der Waals surface area contributed by atoms with Crippen molar-refractivity contribution in [2.24, 2.45) is 0 Å². The van der Waals surface area contributed by atoms with Crippen molar-refractivity contribution in [3.05, 3.63) is 78.3 Å². The van der Waals surface area contributed by atoms with E-state index in [1.54, 1.807) is 36.5 Å². The van der Waals surface area contributed by atoms with E-state index in [0.29, 0.717) is 28.7 Å². The number of nitrogens with zero attached hydrogens (tertiary/aromatic N) is 3. The smallest absolute Gasteiger partial charge is 0.322 e. The fraction of sp³-hybridized carbons (Fsp3) is 0.208. The van der Waals surface area contributed by atoms with Gasteiger partial charge in [-0.15, -0.1) is 0 Å². The Morgan fingerprint density at radius 2 is 1.72 bits per heavy atom. The quantitative estimate of drug-likeness (QED) is 0.460.